The zero-order valence-corrected chi connectivity index (χ0v) is 19.6. The van der Waals surface area contributed by atoms with Gasteiger partial charge in [-0.25, -0.2) is 0 Å². The van der Waals surface area contributed by atoms with Crippen LogP contribution < -0.4 is 10.1 Å². The van der Waals surface area contributed by atoms with Crippen molar-refractivity contribution in [3.63, 3.8) is 0 Å². The van der Waals surface area contributed by atoms with E-state index in [4.69, 9.17) is 39.5 Å². The molecule has 162 valence electrons. The Morgan fingerprint density at radius 2 is 1.75 bits per heavy atom. The minimum atomic E-state index is -0.509. The first-order valence-corrected chi connectivity index (χ1v) is 10.8. The smallest absolute Gasteiger partial charge is 0.266 e. The van der Waals surface area contributed by atoms with Gasteiger partial charge in [0, 0.05) is 10.7 Å². The number of hydrogen-bond acceptors (Lipinski definition) is 3. The van der Waals surface area contributed by atoms with Crippen LogP contribution in [0.3, 0.4) is 0 Å². The van der Waals surface area contributed by atoms with Crippen LogP contribution in [0.15, 0.2) is 60.2 Å². The molecule has 0 aliphatic rings. The number of nitrogens with one attached hydrogen (secondary N) is 1. The normalized spacial score (nSPS) is 11.1. The van der Waals surface area contributed by atoms with Gasteiger partial charge in [-0.3, -0.25) is 4.79 Å². The van der Waals surface area contributed by atoms with Gasteiger partial charge in [0.15, 0.2) is 0 Å². The molecule has 3 aromatic carbocycles. The van der Waals surface area contributed by atoms with Gasteiger partial charge < -0.3 is 10.1 Å². The first-order valence-electron chi connectivity index (χ1n) is 9.63. The molecule has 0 saturated carbocycles. The third-order valence-electron chi connectivity index (χ3n) is 4.61. The molecule has 0 fully saturated rings. The number of carbonyl (C=O) groups is 1. The summed E-state index contributed by atoms with van der Waals surface area (Å²) in [7, 11) is 0. The van der Waals surface area contributed by atoms with Crippen LogP contribution in [0.1, 0.15) is 22.3 Å². The Balaban J connectivity index is 1.77. The summed E-state index contributed by atoms with van der Waals surface area (Å²) in [5, 5.41) is 13.6. The van der Waals surface area contributed by atoms with Crippen LogP contribution in [-0.2, 0) is 11.4 Å². The Bertz CT molecular complexity index is 1220. The first kappa shape index (κ1) is 23.7. The average Bonchev–Trinajstić information content (AvgIpc) is 2.73. The second-order valence-electron chi connectivity index (χ2n) is 7.16. The predicted molar refractivity (Wildman–Crippen MR) is 130 cm³/mol. The third kappa shape index (κ3) is 6.05. The fraction of sp³-hybridized carbons (Fsp3) is 0.120. The van der Waals surface area contributed by atoms with Crippen molar-refractivity contribution >= 4 is 52.5 Å². The van der Waals surface area contributed by atoms with Crippen LogP contribution in [0, 0.1) is 25.2 Å². The van der Waals surface area contributed by atoms with Gasteiger partial charge in [0.2, 0.25) is 0 Å². The highest BCUT2D eigenvalue weighted by molar-refractivity contribution is 6.42. The van der Waals surface area contributed by atoms with E-state index in [1.165, 1.54) is 0 Å². The molecule has 0 spiro atoms. The molecule has 0 bridgehead atoms. The SMILES string of the molecule is Cc1cc(/C=C(\C#N)C(=O)Nc2cccc(Cl)c2)cc(C)c1OCc1ccc(Cl)c(Cl)c1. The lowest BCUT2D eigenvalue weighted by molar-refractivity contribution is -0.112. The van der Waals surface area contributed by atoms with Crippen LogP contribution in [0.5, 0.6) is 5.75 Å². The van der Waals surface area contributed by atoms with Crippen molar-refractivity contribution in [3.8, 4) is 11.8 Å². The molecule has 3 rings (SSSR count). The number of nitriles is 1. The van der Waals surface area contributed by atoms with Gasteiger partial charge in [-0.1, -0.05) is 46.9 Å². The molecular formula is C25H19Cl3N2O2. The van der Waals surface area contributed by atoms with Gasteiger partial charge in [0.25, 0.3) is 5.91 Å². The molecule has 0 aromatic heterocycles. The summed E-state index contributed by atoms with van der Waals surface area (Å²) in [6, 6.07) is 17.8. The highest BCUT2D eigenvalue weighted by atomic mass is 35.5. The fourth-order valence-corrected chi connectivity index (χ4v) is 3.67. The minimum Gasteiger partial charge on any atom is -0.488 e. The number of ether oxygens (including phenoxy) is 1. The summed E-state index contributed by atoms with van der Waals surface area (Å²) < 4.78 is 5.99. The second kappa shape index (κ2) is 10.6. The zero-order chi connectivity index (χ0) is 23.3. The van der Waals surface area contributed by atoms with Crippen LogP contribution in [0.4, 0.5) is 5.69 Å². The topological polar surface area (TPSA) is 62.1 Å². The number of carbonyl (C=O) groups excluding carboxylic acids is 1. The molecule has 0 radical (unpaired) electrons. The van der Waals surface area contributed by atoms with Gasteiger partial charge in [0.1, 0.15) is 24.0 Å². The van der Waals surface area contributed by atoms with Crippen LogP contribution in [-0.4, -0.2) is 5.91 Å². The molecule has 32 heavy (non-hydrogen) atoms. The molecule has 3 aromatic rings. The lowest BCUT2D eigenvalue weighted by Crippen LogP contribution is -2.13. The van der Waals surface area contributed by atoms with E-state index in [2.05, 4.69) is 5.32 Å². The number of nitrogens with zero attached hydrogens (tertiary/aromatic N) is 1. The van der Waals surface area contributed by atoms with Gasteiger partial charge in [0.05, 0.1) is 10.0 Å². The van der Waals surface area contributed by atoms with Gasteiger partial charge in [-0.15, -0.1) is 0 Å². The third-order valence-corrected chi connectivity index (χ3v) is 5.58. The quantitative estimate of drug-likeness (QED) is 0.292. The summed E-state index contributed by atoms with van der Waals surface area (Å²) in [5.41, 5.74) is 3.87. The molecule has 7 heteroatoms. The van der Waals surface area contributed by atoms with Crippen molar-refractivity contribution < 1.29 is 9.53 Å². The van der Waals surface area contributed by atoms with Crippen molar-refractivity contribution in [2.75, 3.05) is 5.32 Å². The lowest BCUT2D eigenvalue weighted by Gasteiger charge is -2.14. The summed E-state index contributed by atoms with van der Waals surface area (Å²) in [4.78, 5) is 12.5. The molecular weight excluding hydrogens is 467 g/mol. The van der Waals surface area contributed by atoms with Crippen molar-refractivity contribution in [1.82, 2.24) is 0 Å². The first-order chi connectivity index (χ1) is 15.3. The van der Waals surface area contributed by atoms with Crippen LogP contribution in [0.2, 0.25) is 15.1 Å². The Hall–Kier alpha value is -2.97. The largest absolute Gasteiger partial charge is 0.488 e. The standard InChI is InChI=1S/C25H19Cl3N2O2/c1-15-8-18(10-19(13-29)25(31)30-21-5-3-4-20(26)12-21)9-16(2)24(15)32-14-17-6-7-22(27)23(28)11-17/h3-12H,14H2,1-2H3,(H,30,31)/b19-10+. The number of aryl methyl sites for hydroxylation is 2. The Labute approximate surface area is 202 Å². The Morgan fingerprint density at radius 3 is 2.38 bits per heavy atom. The number of halogens is 3. The van der Waals surface area contributed by atoms with E-state index in [0.29, 0.717) is 27.4 Å². The molecule has 1 amide bonds. The number of rotatable bonds is 6. The molecule has 0 unspecified atom stereocenters. The molecule has 0 aliphatic heterocycles. The van der Waals surface area contributed by atoms with E-state index in [9.17, 15) is 10.1 Å². The molecule has 0 saturated heterocycles. The molecule has 0 aliphatic carbocycles. The molecule has 1 N–H and O–H groups in total. The highest BCUT2D eigenvalue weighted by Crippen LogP contribution is 2.28. The van der Waals surface area contributed by atoms with Crippen molar-refractivity contribution in [2.45, 2.75) is 20.5 Å². The average molecular weight is 486 g/mol. The number of anilines is 1. The van der Waals surface area contributed by atoms with Gasteiger partial charge in [-0.2, -0.15) is 5.26 Å². The van der Waals surface area contributed by atoms with E-state index in [-0.39, 0.29) is 5.57 Å². The summed E-state index contributed by atoms with van der Waals surface area (Å²) >= 11 is 18.0. The number of benzene rings is 3. The number of hydrogen-bond donors (Lipinski definition) is 1. The van der Waals surface area contributed by atoms with Crippen molar-refractivity contribution in [2.24, 2.45) is 0 Å². The van der Waals surface area contributed by atoms with Crippen LogP contribution >= 0.6 is 34.8 Å². The second-order valence-corrected chi connectivity index (χ2v) is 8.41. The summed E-state index contributed by atoms with van der Waals surface area (Å²) in [6.07, 6.45) is 1.54. The Kier molecular flexibility index (Phi) is 7.82. The number of amides is 1. The Morgan fingerprint density at radius 1 is 1.03 bits per heavy atom. The van der Waals surface area contributed by atoms with E-state index in [0.717, 1.165) is 28.0 Å². The minimum absolute atomic E-state index is 0.0201. The maximum Gasteiger partial charge on any atom is 0.266 e. The monoisotopic (exact) mass is 484 g/mol. The maximum atomic E-state index is 12.5. The zero-order valence-electron chi connectivity index (χ0n) is 17.4. The fourth-order valence-electron chi connectivity index (χ4n) is 3.16. The van der Waals surface area contributed by atoms with Gasteiger partial charge in [-0.05, 0) is 84.6 Å². The van der Waals surface area contributed by atoms with Crippen molar-refractivity contribution in [3.05, 3.63) is 97.5 Å². The molecule has 4 nitrogen and oxygen atoms in total. The maximum absolute atomic E-state index is 12.5. The summed E-state index contributed by atoms with van der Waals surface area (Å²) in [5.74, 6) is 0.222. The molecule has 0 heterocycles. The van der Waals surface area contributed by atoms with E-state index in [1.54, 1.807) is 42.5 Å². The van der Waals surface area contributed by atoms with Gasteiger partial charge >= 0.3 is 0 Å². The van der Waals surface area contributed by atoms with E-state index in [1.807, 2.05) is 38.1 Å². The summed E-state index contributed by atoms with van der Waals surface area (Å²) in [6.45, 7) is 4.15. The highest BCUT2D eigenvalue weighted by Gasteiger charge is 2.12. The lowest BCUT2D eigenvalue weighted by atomic mass is 10.0. The van der Waals surface area contributed by atoms with E-state index >= 15 is 0 Å². The molecule has 0 atom stereocenters. The van der Waals surface area contributed by atoms with Crippen molar-refractivity contribution in [1.29, 1.82) is 5.26 Å². The van der Waals surface area contributed by atoms with E-state index < -0.39 is 5.91 Å². The van der Waals surface area contributed by atoms with Crippen LogP contribution in [0.25, 0.3) is 6.08 Å². The predicted octanol–water partition coefficient (Wildman–Crippen LogP) is 7.39.